The first-order valence-corrected chi connectivity index (χ1v) is 12.7. The van der Waals surface area contributed by atoms with Crippen molar-refractivity contribution in [1.29, 1.82) is 0 Å². The van der Waals surface area contributed by atoms with Crippen molar-refractivity contribution in [2.24, 2.45) is 0 Å². The molecule has 0 spiro atoms. The van der Waals surface area contributed by atoms with Crippen LogP contribution in [0.4, 0.5) is 11.5 Å². The normalized spacial score (nSPS) is 23.7. The van der Waals surface area contributed by atoms with E-state index in [1.807, 2.05) is 12.1 Å². The number of halogens is 1. The second-order valence-corrected chi connectivity index (χ2v) is 11.5. The number of nitrogens with zero attached hydrogens (tertiary/aromatic N) is 4. The molecular weight excluding hydrogens is 469 g/mol. The van der Waals surface area contributed by atoms with Gasteiger partial charge >= 0.3 is 163 Å². The fourth-order valence-electron chi connectivity index (χ4n) is 3.48. The van der Waals surface area contributed by atoms with Crippen LogP contribution in [0.15, 0.2) is 30.3 Å². The Labute approximate surface area is 162 Å². The van der Waals surface area contributed by atoms with E-state index in [2.05, 4.69) is 15.1 Å². The zero-order valence-corrected chi connectivity index (χ0v) is 17.1. The Morgan fingerprint density at radius 1 is 1.27 bits per heavy atom. The van der Waals surface area contributed by atoms with Gasteiger partial charge in [0.2, 0.25) is 0 Å². The Kier molecular flexibility index (Phi) is 4.43. The van der Waals surface area contributed by atoms with E-state index in [1.54, 1.807) is 22.5 Å². The molecule has 2 unspecified atom stereocenters. The zero-order valence-electron chi connectivity index (χ0n) is 14.1. The molecule has 0 radical (unpaired) electrons. The molecule has 4 rings (SSSR count). The number of hydrogen-bond donors (Lipinski definition) is 2. The molecular formula is C16H19IN5O3S-. The average molecular weight is 488 g/mol. The fourth-order valence-corrected chi connectivity index (χ4v) is 10.0. The first-order valence-electron chi connectivity index (χ1n) is 8.07. The standard InChI is InChI=1S/C16H19IN5O3S/c1-26(24,25)22-10-7-17-15(22)9-21(8-10)13-6-12(19-20-16(13)18)11-4-2-3-5-14(11)23/h2-6,10,15,23H,7-9H2,1H3,(H2,18,20)/q-1. The average Bonchev–Trinajstić information content (AvgIpc) is 2.88. The fraction of sp³-hybridized carbons (Fsp3) is 0.375. The SMILES string of the molecule is CS(=O)(=O)N1C2C[I-]C1CN(c1cc(-c3ccccc3O)nnc1N)C2. The van der Waals surface area contributed by atoms with Crippen molar-refractivity contribution >= 4 is 21.5 Å². The van der Waals surface area contributed by atoms with Crippen molar-refractivity contribution in [3.63, 3.8) is 0 Å². The number of benzene rings is 1. The molecule has 2 atom stereocenters. The van der Waals surface area contributed by atoms with E-state index < -0.39 is 10.0 Å². The Hall–Kier alpha value is -1.66. The summed E-state index contributed by atoms with van der Waals surface area (Å²) < 4.78 is 26.9. The molecule has 8 nitrogen and oxygen atoms in total. The van der Waals surface area contributed by atoms with Gasteiger partial charge in [-0.15, -0.1) is 0 Å². The molecule has 2 aromatic rings. The third-order valence-corrected chi connectivity index (χ3v) is 9.82. The Balaban J connectivity index is 1.68. The molecule has 2 bridgehead atoms. The molecule has 1 aromatic heterocycles. The summed E-state index contributed by atoms with van der Waals surface area (Å²) in [4.78, 5) is 2.11. The van der Waals surface area contributed by atoms with E-state index in [9.17, 15) is 13.5 Å². The first kappa shape index (κ1) is 17.7. The number of fused-ring (bicyclic) bond motifs is 2. The van der Waals surface area contributed by atoms with E-state index in [1.165, 1.54) is 6.26 Å². The van der Waals surface area contributed by atoms with Gasteiger partial charge in [0, 0.05) is 0 Å². The van der Waals surface area contributed by atoms with Gasteiger partial charge in [-0.3, -0.25) is 0 Å². The van der Waals surface area contributed by atoms with Crippen LogP contribution >= 0.6 is 0 Å². The molecule has 10 heteroatoms. The van der Waals surface area contributed by atoms with Crippen molar-refractivity contribution in [3.05, 3.63) is 30.3 Å². The molecule has 140 valence electrons. The molecule has 2 aliphatic rings. The van der Waals surface area contributed by atoms with Gasteiger partial charge in [-0.05, 0) is 0 Å². The molecule has 0 saturated carbocycles. The Morgan fingerprint density at radius 3 is 2.73 bits per heavy atom. The summed E-state index contributed by atoms with van der Waals surface area (Å²) in [6.45, 7) is 1.21. The minimum atomic E-state index is -3.19. The van der Waals surface area contributed by atoms with Crippen molar-refractivity contribution < 1.29 is 34.7 Å². The number of para-hydroxylation sites is 1. The predicted octanol–water partition coefficient (Wildman–Crippen LogP) is -2.69. The van der Waals surface area contributed by atoms with E-state index in [4.69, 9.17) is 5.73 Å². The van der Waals surface area contributed by atoms with Crippen molar-refractivity contribution in [2.45, 2.75) is 10.1 Å². The van der Waals surface area contributed by atoms with Crippen molar-refractivity contribution in [1.82, 2.24) is 14.5 Å². The summed E-state index contributed by atoms with van der Waals surface area (Å²) in [7, 11) is -3.19. The number of aromatic nitrogens is 2. The number of alkyl halides is 2. The van der Waals surface area contributed by atoms with Crippen molar-refractivity contribution in [2.75, 3.05) is 34.4 Å². The summed E-state index contributed by atoms with van der Waals surface area (Å²) >= 11 is -0.206. The number of aromatic hydroxyl groups is 1. The molecule has 2 aliphatic heterocycles. The summed E-state index contributed by atoms with van der Waals surface area (Å²) in [5.41, 5.74) is 7.94. The van der Waals surface area contributed by atoms with Gasteiger partial charge in [-0.1, -0.05) is 0 Å². The number of sulfonamides is 1. The molecule has 2 fully saturated rings. The van der Waals surface area contributed by atoms with E-state index >= 15 is 0 Å². The zero-order chi connectivity index (χ0) is 18.5. The van der Waals surface area contributed by atoms with Crippen LogP contribution in [0.3, 0.4) is 0 Å². The van der Waals surface area contributed by atoms with Gasteiger partial charge < -0.3 is 0 Å². The molecule has 2 saturated heterocycles. The quantitative estimate of drug-likeness (QED) is 0.275. The van der Waals surface area contributed by atoms with Crippen molar-refractivity contribution in [3.8, 4) is 17.0 Å². The number of phenolic OH excluding ortho intramolecular Hbond substituents is 1. The van der Waals surface area contributed by atoms with Gasteiger partial charge in [0.1, 0.15) is 0 Å². The van der Waals surface area contributed by atoms with Crippen LogP contribution in [0.25, 0.3) is 11.3 Å². The van der Waals surface area contributed by atoms with Crippen LogP contribution in [-0.4, -0.2) is 61.9 Å². The van der Waals surface area contributed by atoms with Gasteiger partial charge in [-0.25, -0.2) is 0 Å². The number of hydrogen-bond acceptors (Lipinski definition) is 7. The summed E-state index contributed by atoms with van der Waals surface area (Å²) in [5, 5.41) is 18.2. The number of nitrogens with two attached hydrogens (primary N) is 1. The van der Waals surface area contributed by atoms with Gasteiger partial charge in [0.25, 0.3) is 0 Å². The molecule has 26 heavy (non-hydrogen) atoms. The second kappa shape index (κ2) is 6.50. The maximum absolute atomic E-state index is 12.1. The van der Waals surface area contributed by atoms with Gasteiger partial charge in [0.15, 0.2) is 0 Å². The summed E-state index contributed by atoms with van der Waals surface area (Å²) in [5.74, 6) is 0.444. The summed E-state index contributed by atoms with van der Waals surface area (Å²) in [6, 6.07) is 8.76. The van der Waals surface area contributed by atoms with E-state index in [-0.39, 0.29) is 37.0 Å². The molecule has 3 N–H and O–H groups in total. The predicted molar refractivity (Wildman–Crippen MR) is 94.9 cm³/mol. The van der Waals surface area contributed by atoms with Crippen LogP contribution in [0.1, 0.15) is 0 Å². The van der Waals surface area contributed by atoms with E-state index in [0.717, 1.165) is 10.1 Å². The number of rotatable bonds is 3. The number of phenols is 1. The number of piperazine rings is 1. The van der Waals surface area contributed by atoms with Crippen LogP contribution in [-0.2, 0) is 10.0 Å². The molecule has 3 heterocycles. The topological polar surface area (TPSA) is 113 Å². The molecule has 1 aromatic carbocycles. The van der Waals surface area contributed by atoms with E-state index in [0.29, 0.717) is 30.2 Å². The minimum absolute atomic E-state index is 0.00214. The number of anilines is 2. The molecule has 0 aliphatic carbocycles. The number of nitrogen functional groups attached to an aromatic ring is 1. The first-order chi connectivity index (χ1) is 12.3. The monoisotopic (exact) mass is 488 g/mol. The van der Waals surface area contributed by atoms with Crippen LogP contribution in [0, 0.1) is 0 Å². The van der Waals surface area contributed by atoms with Crippen LogP contribution in [0.5, 0.6) is 5.75 Å². The van der Waals surface area contributed by atoms with Gasteiger partial charge in [-0.2, -0.15) is 0 Å². The van der Waals surface area contributed by atoms with Gasteiger partial charge in [0.05, 0.1) is 0 Å². The third-order valence-electron chi connectivity index (χ3n) is 4.59. The van der Waals surface area contributed by atoms with Crippen LogP contribution in [0.2, 0.25) is 0 Å². The Morgan fingerprint density at radius 2 is 2.04 bits per heavy atom. The third kappa shape index (κ3) is 3.09. The summed E-state index contributed by atoms with van der Waals surface area (Å²) in [6.07, 6.45) is 1.29. The second-order valence-electron chi connectivity index (χ2n) is 6.41. The van der Waals surface area contributed by atoms with Crippen LogP contribution < -0.4 is 31.8 Å². The maximum atomic E-state index is 12.1. The Bertz CT molecular complexity index is 941. The molecule has 0 amide bonds.